The number of methoxy groups -OCH3 is 1. The van der Waals surface area contributed by atoms with Crippen LogP contribution in [0.2, 0.25) is 5.02 Å². The van der Waals surface area contributed by atoms with E-state index in [1.54, 1.807) is 12.1 Å². The number of nitro benzene ring substituents is 1. The van der Waals surface area contributed by atoms with E-state index in [-0.39, 0.29) is 15.8 Å². The lowest BCUT2D eigenvalue weighted by Gasteiger charge is -2.13. The minimum Gasteiger partial charge on any atom is -0.496 e. The van der Waals surface area contributed by atoms with Crippen molar-refractivity contribution in [2.24, 2.45) is 0 Å². The van der Waals surface area contributed by atoms with Crippen LogP contribution < -0.4 is 15.4 Å². The Labute approximate surface area is 170 Å². The van der Waals surface area contributed by atoms with Crippen molar-refractivity contribution in [2.75, 3.05) is 12.4 Å². The van der Waals surface area contributed by atoms with Gasteiger partial charge in [0.05, 0.1) is 28.3 Å². The third-order valence-electron chi connectivity index (χ3n) is 3.95. The number of ether oxygens (including phenoxy) is 1. The molecule has 0 bridgehead atoms. The number of rotatable bonds is 4. The number of halogens is 1. The highest BCUT2D eigenvalue weighted by molar-refractivity contribution is 7.80. The maximum Gasteiger partial charge on any atom is 0.271 e. The molecule has 1 amide bonds. The molecule has 0 spiro atoms. The molecule has 9 heteroatoms. The first-order valence-corrected chi connectivity index (χ1v) is 8.80. The van der Waals surface area contributed by atoms with Crippen LogP contribution in [0, 0.1) is 10.1 Å². The third kappa shape index (κ3) is 4.19. The summed E-state index contributed by atoms with van der Waals surface area (Å²) in [4.78, 5) is 22.9. The normalized spacial score (nSPS) is 10.4. The second-order valence-electron chi connectivity index (χ2n) is 5.73. The lowest BCUT2D eigenvalue weighted by Crippen LogP contribution is -2.34. The lowest BCUT2D eigenvalue weighted by molar-refractivity contribution is -0.384. The van der Waals surface area contributed by atoms with Crippen molar-refractivity contribution >= 4 is 57.0 Å². The highest BCUT2D eigenvalue weighted by atomic mass is 35.5. The zero-order chi connectivity index (χ0) is 20.3. The Morgan fingerprint density at radius 2 is 1.82 bits per heavy atom. The molecule has 3 aromatic carbocycles. The van der Waals surface area contributed by atoms with E-state index in [9.17, 15) is 14.9 Å². The number of amides is 1. The van der Waals surface area contributed by atoms with Crippen molar-refractivity contribution < 1.29 is 14.5 Å². The van der Waals surface area contributed by atoms with Crippen LogP contribution in [0.4, 0.5) is 11.4 Å². The molecule has 142 valence electrons. The van der Waals surface area contributed by atoms with E-state index in [1.807, 2.05) is 24.3 Å². The summed E-state index contributed by atoms with van der Waals surface area (Å²) in [7, 11) is 1.48. The van der Waals surface area contributed by atoms with Gasteiger partial charge in [0.2, 0.25) is 0 Å². The van der Waals surface area contributed by atoms with Crippen LogP contribution in [0.25, 0.3) is 10.8 Å². The SMILES string of the molecule is COc1cc2ccccc2cc1C(=O)NC(=S)Nc1ccc([N+](=O)[O-])cc1Cl. The summed E-state index contributed by atoms with van der Waals surface area (Å²) in [5, 5.41) is 18.0. The van der Waals surface area contributed by atoms with E-state index in [0.717, 1.165) is 10.8 Å². The number of nitrogens with zero attached hydrogens (tertiary/aromatic N) is 1. The van der Waals surface area contributed by atoms with Crippen molar-refractivity contribution in [3.05, 3.63) is 75.3 Å². The number of fused-ring (bicyclic) bond motifs is 1. The van der Waals surface area contributed by atoms with E-state index in [1.165, 1.54) is 25.3 Å². The van der Waals surface area contributed by atoms with Crippen LogP contribution in [-0.2, 0) is 0 Å². The number of non-ortho nitro benzene ring substituents is 1. The molecule has 0 saturated heterocycles. The summed E-state index contributed by atoms with van der Waals surface area (Å²) >= 11 is 11.2. The summed E-state index contributed by atoms with van der Waals surface area (Å²) in [6, 6.07) is 15.0. The van der Waals surface area contributed by atoms with Crippen molar-refractivity contribution in [3.63, 3.8) is 0 Å². The molecule has 28 heavy (non-hydrogen) atoms. The lowest BCUT2D eigenvalue weighted by atomic mass is 10.1. The van der Waals surface area contributed by atoms with Crippen LogP contribution in [0.1, 0.15) is 10.4 Å². The maximum absolute atomic E-state index is 12.7. The van der Waals surface area contributed by atoms with Crippen LogP contribution in [0.5, 0.6) is 5.75 Å². The number of hydrogen-bond donors (Lipinski definition) is 2. The van der Waals surface area contributed by atoms with Crippen LogP contribution >= 0.6 is 23.8 Å². The predicted molar refractivity (Wildman–Crippen MR) is 112 cm³/mol. The van der Waals surface area contributed by atoms with Gasteiger partial charge in [-0.15, -0.1) is 0 Å². The van der Waals surface area contributed by atoms with Gasteiger partial charge in [-0.2, -0.15) is 0 Å². The second kappa shape index (κ2) is 8.20. The van der Waals surface area contributed by atoms with Gasteiger partial charge in [-0.25, -0.2) is 0 Å². The number of hydrogen-bond acceptors (Lipinski definition) is 5. The molecule has 3 rings (SSSR count). The first kappa shape index (κ1) is 19.5. The number of nitro groups is 1. The van der Waals surface area contributed by atoms with Crippen molar-refractivity contribution in [3.8, 4) is 5.75 Å². The Balaban J connectivity index is 1.78. The molecule has 0 radical (unpaired) electrons. The Morgan fingerprint density at radius 3 is 2.43 bits per heavy atom. The molecule has 0 aliphatic heterocycles. The highest BCUT2D eigenvalue weighted by Crippen LogP contribution is 2.27. The monoisotopic (exact) mass is 415 g/mol. The Bertz CT molecular complexity index is 1100. The zero-order valence-electron chi connectivity index (χ0n) is 14.6. The number of benzene rings is 3. The minimum absolute atomic E-state index is 0.00374. The molecule has 0 unspecified atom stereocenters. The summed E-state index contributed by atoms with van der Waals surface area (Å²) < 4.78 is 5.32. The number of carbonyl (C=O) groups is 1. The fourth-order valence-corrected chi connectivity index (χ4v) is 3.03. The molecular formula is C19H14ClN3O4S. The average molecular weight is 416 g/mol. The van der Waals surface area contributed by atoms with Crippen molar-refractivity contribution in [2.45, 2.75) is 0 Å². The molecule has 0 aliphatic rings. The summed E-state index contributed by atoms with van der Waals surface area (Å²) in [6.07, 6.45) is 0. The Morgan fingerprint density at radius 1 is 1.14 bits per heavy atom. The molecule has 0 aromatic heterocycles. The topological polar surface area (TPSA) is 93.5 Å². The first-order chi connectivity index (χ1) is 13.4. The fraction of sp³-hybridized carbons (Fsp3) is 0.0526. The van der Waals surface area contributed by atoms with Gasteiger partial charge in [0.1, 0.15) is 5.75 Å². The summed E-state index contributed by atoms with van der Waals surface area (Å²) in [6.45, 7) is 0. The molecule has 2 N–H and O–H groups in total. The van der Waals surface area contributed by atoms with Crippen LogP contribution in [-0.4, -0.2) is 23.1 Å². The molecule has 0 aliphatic carbocycles. The molecule has 3 aromatic rings. The largest absolute Gasteiger partial charge is 0.496 e. The van der Waals surface area contributed by atoms with E-state index in [2.05, 4.69) is 10.6 Å². The number of thiocarbonyl (C=S) groups is 1. The number of nitrogens with one attached hydrogen (secondary N) is 2. The molecule has 0 saturated carbocycles. The predicted octanol–water partition coefficient (Wildman–Crippen LogP) is 4.54. The third-order valence-corrected chi connectivity index (χ3v) is 4.47. The molecule has 7 nitrogen and oxygen atoms in total. The highest BCUT2D eigenvalue weighted by Gasteiger charge is 2.16. The van der Waals surface area contributed by atoms with Gasteiger partial charge < -0.3 is 10.1 Å². The minimum atomic E-state index is -0.554. The molecular weight excluding hydrogens is 402 g/mol. The standard InChI is InChI=1S/C19H14ClN3O4S/c1-27-17-9-12-5-3-2-4-11(12)8-14(17)18(24)22-19(28)21-16-7-6-13(23(25)26)10-15(16)20/h2-10H,1H3,(H2,21,22,24,28). The zero-order valence-corrected chi connectivity index (χ0v) is 16.1. The summed E-state index contributed by atoms with van der Waals surface area (Å²) in [5.41, 5.74) is 0.509. The van der Waals surface area contributed by atoms with Gasteiger partial charge in [0, 0.05) is 12.1 Å². The average Bonchev–Trinajstić information content (AvgIpc) is 2.68. The maximum atomic E-state index is 12.7. The van der Waals surface area contributed by atoms with Crippen LogP contribution in [0.15, 0.2) is 54.6 Å². The van der Waals surface area contributed by atoms with E-state index in [4.69, 9.17) is 28.6 Å². The fourth-order valence-electron chi connectivity index (χ4n) is 2.61. The summed E-state index contributed by atoms with van der Waals surface area (Å²) in [5.74, 6) is -0.0505. The smallest absolute Gasteiger partial charge is 0.271 e. The van der Waals surface area contributed by atoms with E-state index >= 15 is 0 Å². The second-order valence-corrected chi connectivity index (χ2v) is 6.54. The van der Waals surface area contributed by atoms with Crippen LogP contribution in [0.3, 0.4) is 0 Å². The quantitative estimate of drug-likeness (QED) is 0.369. The van der Waals surface area contributed by atoms with E-state index in [0.29, 0.717) is 17.0 Å². The van der Waals surface area contributed by atoms with Gasteiger partial charge in [0.25, 0.3) is 11.6 Å². The molecule has 0 atom stereocenters. The van der Waals surface area contributed by atoms with Gasteiger partial charge in [0.15, 0.2) is 5.11 Å². The van der Waals surface area contributed by atoms with Crippen molar-refractivity contribution in [1.29, 1.82) is 0 Å². The first-order valence-electron chi connectivity index (χ1n) is 8.02. The molecule has 0 fully saturated rings. The van der Waals surface area contributed by atoms with Gasteiger partial charge in [-0.1, -0.05) is 35.9 Å². The van der Waals surface area contributed by atoms with Crippen molar-refractivity contribution in [1.82, 2.24) is 5.32 Å². The Kier molecular flexibility index (Phi) is 5.72. The molecule has 0 heterocycles. The number of carbonyl (C=O) groups excluding carboxylic acids is 1. The van der Waals surface area contributed by atoms with Gasteiger partial charge in [-0.3, -0.25) is 20.2 Å². The van der Waals surface area contributed by atoms with Gasteiger partial charge >= 0.3 is 0 Å². The van der Waals surface area contributed by atoms with Gasteiger partial charge in [-0.05, 0) is 41.2 Å². The number of anilines is 1. The Hall–Kier alpha value is -3.23. The van der Waals surface area contributed by atoms with E-state index < -0.39 is 10.8 Å².